The fourth-order valence-corrected chi connectivity index (χ4v) is 5.38. The van der Waals surface area contributed by atoms with E-state index in [9.17, 15) is 10.4 Å². The normalized spacial score (nSPS) is 17.7. The van der Waals surface area contributed by atoms with E-state index in [1.165, 1.54) is 16.3 Å². The summed E-state index contributed by atoms with van der Waals surface area (Å²) in [7, 11) is 0. The van der Waals surface area contributed by atoms with Crippen molar-refractivity contribution in [2.24, 2.45) is 0 Å². The van der Waals surface area contributed by atoms with E-state index in [-0.39, 0.29) is 11.6 Å². The number of aromatic amines is 1. The summed E-state index contributed by atoms with van der Waals surface area (Å²) in [6.45, 7) is 6.58. The van der Waals surface area contributed by atoms with Gasteiger partial charge in [-0.15, -0.1) is 0 Å². The van der Waals surface area contributed by atoms with Gasteiger partial charge in [0.25, 0.3) is 0 Å². The van der Waals surface area contributed by atoms with Gasteiger partial charge in [-0.25, -0.2) is 0 Å². The molecule has 5 rings (SSSR count). The van der Waals surface area contributed by atoms with Crippen LogP contribution in [0.25, 0.3) is 21.7 Å². The molecule has 2 atom stereocenters. The quantitative estimate of drug-likeness (QED) is 0.355. The number of aromatic nitrogens is 2. The molecule has 0 saturated carbocycles. The molecule has 1 fully saturated rings. The molecular formula is C29H33N5O. The zero-order valence-corrected chi connectivity index (χ0v) is 20.5. The molecular weight excluding hydrogens is 434 g/mol. The molecule has 0 aliphatic carbocycles. The van der Waals surface area contributed by atoms with Crippen LogP contribution in [0.2, 0.25) is 0 Å². The van der Waals surface area contributed by atoms with Crippen LogP contribution in [0.4, 0.5) is 0 Å². The largest absolute Gasteiger partial charge is 0.390 e. The van der Waals surface area contributed by atoms with Gasteiger partial charge in [0.15, 0.2) is 0 Å². The fraction of sp³-hybridized carbons (Fsp3) is 0.379. The van der Waals surface area contributed by atoms with Crippen molar-refractivity contribution in [3.8, 4) is 6.07 Å². The second-order valence-corrected chi connectivity index (χ2v) is 10.4. The van der Waals surface area contributed by atoms with Crippen LogP contribution >= 0.6 is 0 Å². The molecule has 35 heavy (non-hydrogen) atoms. The molecule has 0 spiro atoms. The second kappa shape index (κ2) is 9.79. The summed E-state index contributed by atoms with van der Waals surface area (Å²) in [5.74, 6) is 0. The Bertz CT molecular complexity index is 1370. The van der Waals surface area contributed by atoms with Gasteiger partial charge in [-0.3, -0.25) is 10.00 Å². The van der Waals surface area contributed by atoms with E-state index >= 15 is 0 Å². The Balaban J connectivity index is 1.21. The molecule has 6 nitrogen and oxygen atoms in total. The molecule has 0 bridgehead atoms. The molecule has 6 heteroatoms. The highest BCUT2D eigenvalue weighted by Crippen LogP contribution is 2.26. The SMILES string of the molecule is CC(C)(Cc1ccc2ccccc2c1)NCC(O)C1CCCN1Cc1[nH]nc2ccc(C#N)cc12. The molecule has 0 radical (unpaired) electrons. The standard InChI is InChI=1S/C29H33N5O/c1-29(2,16-20-9-11-22-6-3-4-7-23(22)14-20)31-18-28(35)27-8-5-13-34(27)19-26-24-15-21(17-30)10-12-25(24)32-33-26/h3-4,6-7,9-12,14-15,27-28,31,35H,5,8,13,16,18-19H2,1-2H3,(H,32,33). The number of β-amino-alcohol motifs (C(OH)–C–C–N with tert-alkyl or cyclic N) is 1. The molecule has 1 aliphatic rings. The number of likely N-dealkylation sites (tertiary alicyclic amines) is 1. The first-order valence-electron chi connectivity index (χ1n) is 12.4. The Morgan fingerprint density at radius 1 is 1.17 bits per heavy atom. The molecule has 1 saturated heterocycles. The van der Waals surface area contributed by atoms with Crippen LogP contribution in [0.15, 0.2) is 60.7 Å². The van der Waals surface area contributed by atoms with Gasteiger partial charge in [0.1, 0.15) is 0 Å². The van der Waals surface area contributed by atoms with Crippen LogP contribution in [-0.4, -0.2) is 51.0 Å². The number of nitriles is 1. The minimum absolute atomic E-state index is 0.0940. The number of hydrogen-bond acceptors (Lipinski definition) is 5. The maximum absolute atomic E-state index is 11.1. The Kier molecular flexibility index (Phi) is 6.57. The molecule has 2 heterocycles. The topological polar surface area (TPSA) is 88.0 Å². The lowest BCUT2D eigenvalue weighted by atomic mass is 9.93. The van der Waals surface area contributed by atoms with Crippen LogP contribution in [0.3, 0.4) is 0 Å². The Morgan fingerprint density at radius 2 is 2.00 bits per heavy atom. The fourth-order valence-electron chi connectivity index (χ4n) is 5.38. The van der Waals surface area contributed by atoms with E-state index in [0.717, 1.165) is 42.4 Å². The smallest absolute Gasteiger partial charge is 0.0991 e. The average Bonchev–Trinajstić information content (AvgIpc) is 3.49. The van der Waals surface area contributed by atoms with Crippen molar-refractivity contribution in [2.45, 2.75) is 57.3 Å². The third-order valence-corrected chi connectivity index (χ3v) is 7.23. The van der Waals surface area contributed by atoms with E-state index in [2.05, 4.69) is 82.8 Å². The third-order valence-electron chi connectivity index (χ3n) is 7.23. The highest BCUT2D eigenvalue weighted by molar-refractivity contribution is 5.83. The average molecular weight is 468 g/mol. The molecule has 2 unspecified atom stereocenters. The maximum atomic E-state index is 11.1. The highest BCUT2D eigenvalue weighted by atomic mass is 16.3. The molecule has 1 aromatic heterocycles. The van der Waals surface area contributed by atoms with Crippen LogP contribution in [0.1, 0.15) is 43.5 Å². The van der Waals surface area contributed by atoms with Crippen molar-refractivity contribution in [3.63, 3.8) is 0 Å². The van der Waals surface area contributed by atoms with Gasteiger partial charge in [-0.05, 0) is 74.2 Å². The van der Waals surface area contributed by atoms with Gasteiger partial charge in [0, 0.05) is 30.1 Å². The molecule has 4 aromatic rings. The zero-order valence-electron chi connectivity index (χ0n) is 20.5. The first-order chi connectivity index (χ1) is 16.9. The third kappa shape index (κ3) is 5.23. The van der Waals surface area contributed by atoms with Crippen molar-refractivity contribution in [1.29, 1.82) is 5.26 Å². The molecule has 0 amide bonds. The van der Waals surface area contributed by atoms with Crippen molar-refractivity contribution in [1.82, 2.24) is 20.4 Å². The Labute approximate surface area is 206 Å². The van der Waals surface area contributed by atoms with Gasteiger partial charge >= 0.3 is 0 Å². The Hall–Kier alpha value is -3.24. The zero-order chi connectivity index (χ0) is 24.4. The first kappa shape index (κ1) is 23.5. The van der Waals surface area contributed by atoms with Crippen molar-refractivity contribution in [2.75, 3.05) is 13.1 Å². The van der Waals surface area contributed by atoms with E-state index in [1.807, 2.05) is 12.1 Å². The predicted molar refractivity (Wildman–Crippen MR) is 140 cm³/mol. The lowest BCUT2D eigenvalue weighted by Crippen LogP contribution is -2.50. The molecule has 1 aliphatic heterocycles. The van der Waals surface area contributed by atoms with Gasteiger partial charge in [-0.1, -0.05) is 42.5 Å². The second-order valence-electron chi connectivity index (χ2n) is 10.4. The van der Waals surface area contributed by atoms with Crippen molar-refractivity contribution < 1.29 is 5.11 Å². The molecule has 180 valence electrons. The minimum Gasteiger partial charge on any atom is -0.390 e. The van der Waals surface area contributed by atoms with Gasteiger partial charge in [-0.2, -0.15) is 10.4 Å². The summed E-state index contributed by atoms with van der Waals surface area (Å²) in [4.78, 5) is 2.34. The number of aliphatic hydroxyl groups is 1. The van der Waals surface area contributed by atoms with Crippen LogP contribution in [0, 0.1) is 11.3 Å². The summed E-state index contributed by atoms with van der Waals surface area (Å²) >= 11 is 0. The van der Waals surface area contributed by atoms with Gasteiger partial charge in [0.05, 0.1) is 28.9 Å². The number of fused-ring (bicyclic) bond motifs is 2. The van der Waals surface area contributed by atoms with Crippen molar-refractivity contribution >= 4 is 21.7 Å². The minimum atomic E-state index is -0.461. The summed E-state index contributed by atoms with van der Waals surface area (Å²) < 4.78 is 0. The van der Waals surface area contributed by atoms with Crippen molar-refractivity contribution in [3.05, 3.63) is 77.5 Å². The van der Waals surface area contributed by atoms with E-state index in [4.69, 9.17) is 0 Å². The highest BCUT2D eigenvalue weighted by Gasteiger charge is 2.32. The number of H-pyrrole nitrogens is 1. The molecule has 3 aromatic carbocycles. The number of hydrogen-bond donors (Lipinski definition) is 3. The Morgan fingerprint density at radius 3 is 2.83 bits per heavy atom. The van der Waals surface area contributed by atoms with Crippen LogP contribution < -0.4 is 5.32 Å². The van der Waals surface area contributed by atoms with Crippen LogP contribution in [0.5, 0.6) is 0 Å². The number of aliphatic hydroxyl groups excluding tert-OH is 1. The summed E-state index contributed by atoms with van der Waals surface area (Å²) in [6, 6.07) is 23.0. The number of rotatable bonds is 8. The number of nitrogens with zero attached hydrogens (tertiary/aromatic N) is 3. The first-order valence-corrected chi connectivity index (χ1v) is 12.4. The van der Waals surface area contributed by atoms with Crippen LogP contribution in [-0.2, 0) is 13.0 Å². The predicted octanol–water partition coefficient (Wildman–Crippen LogP) is 4.52. The maximum Gasteiger partial charge on any atom is 0.0991 e. The number of nitrogens with one attached hydrogen (secondary N) is 2. The monoisotopic (exact) mass is 467 g/mol. The van der Waals surface area contributed by atoms with E-state index in [0.29, 0.717) is 18.7 Å². The van der Waals surface area contributed by atoms with E-state index < -0.39 is 6.10 Å². The lowest BCUT2D eigenvalue weighted by molar-refractivity contribution is 0.0629. The van der Waals surface area contributed by atoms with E-state index in [1.54, 1.807) is 6.07 Å². The lowest BCUT2D eigenvalue weighted by Gasteiger charge is -2.32. The summed E-state index contributed by atoms with van der Waals surface area (Å²) in [6.07, 6.45) is 2.47. The molecule has 3 N–H and O–H groups in total. The van der Waals surface area contributed by atoms with Gasteiger partial charge < -0.3 is 10.4 Å². The summed E-state index contributed by atoms with van der Waals surface area (Å²) in [5.41, 5.74) is 3.66. The summed E-state index contributed by atoms with van der Waals surface area (Å²) in [5, 5.41) is 35.1. The number of benzene rings is 3. The van der Waals surface area contributed by atoms with Gasteiger partial charge in [0.2, 0.25) is 0 Å².